The minimum atomic E-state index is -3.37. The van der Waals surface area contributed by atoms with Crippen LogP contribution in [0.25, 0.3) is 0 Å². The van der Waals surface area contributed by atoms with Crippen molar-refractivity contribution in [3.63, 3.8) is 0 Å². The average Bonchev–Trinajstić information content (AvgIpc) is 2.76. The lowest BCUT2D eigenvalue weighted by molar-refractivity contribution is 0.00456. The summed E-state index contributed by atoms with van der Waals surface area (Å²) < 4.78 is 31.8. The summed E-state index contributed by atoms with van der Waals surface area (Å²) in [6, 6.07) is 3.47. The molecule has 0 saturated carbocycles. The first-order chi connectivity index (χ1) is 8.04. The second-order valence-corrected chi connectivity index (χ2v) is 7.41. The maximum absolute atomic E-state index is 12.3. The molecule has 0 aromatic carbocycles. The van der Waals surface area contributed by atoms with Gasteiger partial charge in [0.2, 0.25) is 0 Å². The number of thiophene rings is 1. The van der Waals surface area contributed by atoms with E-state index in [-0.39, 0.29) is 18.5 Å². The maximum atomic E-state index is 12.3. The van der Waals surface area contributed by atoms with Crippen molar-refractivity contribution in [2.75, 3.05) is 26.2 Å². The summed E-state index contributed by atoms with van der Waals surface area (Å²) in [6.45, 7) is 3.39. The van der Waals surface area contributed by atoms with Crippen LogP contribution in [0.4, 0.5) is 0 Å². The predicted octanol–water partition coefficient (Wildman–Crippen LogP) is 0.827. The summed E-state index contributed by atoms with van der Waals surface area (Å²) in [6.07, 6.45) is -0.195. The molecule has 18 heavy (non-hydrogen) atoms. The van der Waals surface area contributed by atoms with Gasteiger partial charge in [0.15, 0.2) is 0 Å². The highest BCUT2D eigenvalue weighted by Crippen LogP contribution is 2.25. The largest absolute Gasteiger partial charge is 0.374 e. The number of hydrogen-bond acceptors (Lipinski definition) is 5. The molecule has 0 amide bonds. The molecule has 1 aliphatic rings. The van der Waals surface area contributed by atoms with E-state index in [4.69, 9.17) is 10.5 Å². The zero-order valence-electron chi connectivity index (χ0n) is 10.0. The summed E-state index contributed by atoms with van der Waals surface area (Å²) in [5, 5.41) is 0. The van der Waals surface area contributed by atoms with Gasteiger partial charge in [0.05, 0.1) is 12.7 Å². The van der Waals surface area contributed by atoms with Gasteiger partial charge in [0.25, 0.3) is 10.0 Å². The second kappa shape index (κ2) is 6.31. The maximum Gasteiger partial charge on any atom is 0.252 e. The zero-order valence-corrected chi connectivity index (χ0v) is 12.5. The minimum Gasteiger partial charge on any atom is -0.374 e. The van der Waals surface area contributed by atoms with Crippen molar-refractivity contribution in [3.8, 4) is 0 Å². The highest BCUT2D eigenvalue weighted by Gasteiger charge is 2.31. The molecular formula is C10H17ClN2O3S2. The summed E-state index contributed by atoms with van der Waals surface area (Å²) in [4.78, 5) is 0.993. The van der Waals surface area contributed by atoms with Gasteiger partial charge in [-0.2, -0.15) is 4.31 Å². The molecular weight excluding hydrogens is 296 g/mol. The first-order valence-electron chi connectivity index (χ1n) is 5.42. The highest BCUT2D eigenvalue weighted by molar-refractivity contribution is 7.91. The molecule has 2 rings (SSSR count). The lowest BCUT2D eigenvalue weighted by Gasteiger charge is -2.31. The topological polar surface area (TPSA) is 72.6 Å². The summed E-state index contributed by atoms with van der Waals surface area (Å²) in [5.74, 6) is 0. The Morgan fingerprint density at radius 1 is 1.56 bits per heavy atom. The number of hydrogen-bond donors (Lipinski definition) is 1. The van der Waals surface area contributed by atoms with Crippen LogP contribution in [0.2, 0.25) is 0 Å². The van der Waals surface area contributed by atoms with Crippen LogP contribution in [0.1, 0.15) is 4.88 Å². The lowest BCUT2D eigenvalue weighted by Crippen LogP contribution is -2.47. The molecule has 1 saturated heterocycles. The molecule has 1 unspecified atom stereocenters. The van der Waals surface area contributed by atoms with E-state index in [0.29, 0.717) is 30.5 Å². The van der Waals surface area contributed by atoms with Gasteiger partial charge < -0.3 is 10.5 Å². The number of morpholine rings is 1. The number of sulfonamides is 1. The highest BCUT2D eigenvalue weighted by atomic mass is 35.5. The Bertz CT molecular complexity index is 489. The van der Waals surface area contributed by atoms with E-state index < -0.39 is 10.0 Å². The third-order valence-corrected chi connectivity index (χ3v) is 6.01. The molecule has 1 aromatic rings. The van der Waals surface area contributed by atoms with Crippen LogP contribution < -0.4 is 5.73 Å². The van der Waals surface area contributed by atoms with E-state index in [1.54, 1.807) is 6.07 Å². The van der Waals surface area contributed by atoms with E-state index in [9.17, 15) is 8.42 Å². The van der Waals surface area contributed by atoms with E-state index >= 15 is 0 Å². The van der Waals surface area contributed by atoms with Gasteiger partial charge >= 0.3 is 0 Å². The van der Waals surface area contributed by atoms with E-state index in [1.807, 2.05) is 13.0 Å². The van der Waals surface area contributed by atoms with Crippen molar-refractivity contribution in [2.24, 2.45) is 5.73 Å². The average molecular weight is 313 g/mol. The molecule has 0 radical (unpaired) electrons. The normalized spacial score (nSPS) is 21.6. The van der Waals surface area contributed by atoms with E-state index in [0.717, 1.165) is 4.88 Å². The van der Waals surface area contributed by atoms with Gasteiger partial charge in [-0.25, -0.2) is 8.42 Å². The molecule has 1 atom stereocenters. The SMILES string of the molecule is Cc1ccc(S(=O)(=O)N2CCOC(CN)C2)s1.Cl. The van der Waals surface area contributed by atoms with Crippen molar-refractivity contribution < 1.29 is 13.2 Å². The van der Waals surface area contributed by atoms with Crippen molar-refractivity contribution >= 4 is 33.8 Å². The second-order valence-electron chi connectivity index (χ2n) is 3.96. The fourth-order valence-corrected chi connectivity index (χ4v) is 4.62. The van der Waals surface area contributed by atoms with Crippen molar-refractivity contribution in [1.29, 1.82) is 0 Å². The van der Waals surface area contributed by atoms with Crippen molar-refractivity contribution in [1.82, 2.24) is 4.31 Å². The Morgan fingerprint density at radius 3 is 2.83 bits per heavy atom. The summed E-state index contributed by atoms with van der Waals surface area (Å²) in [5.41, 5.74) is 5.51. The Morgan fingerprint density at radius 2 is 2.28 bits per heavy atom. The molecule has 5 nitrogen and oxygen atoms in total. The Kier molecular flexibility index (Phi) is 5.57. The van der Waals surface area contributed by atoms with Crippen molar-refractivity contribution in [3.05, 3.63) is 17.0 Å². The van der Waals surface area contributed by atoms with Crippen LogP contribution in [0, 0.1) is 6.92 Å². The van der Waals surface area contributed by atoms with Gasteiger partial charge in [0.1, 0.15) is 4.21 Å². The Labute approximate surface area is 117 Å². The number of nitrogens with zero attached hydrogens (tertiary/aromatic N) is 1. The van der Waals surface area contributed by atoms with Crippen LogP contribution >= 0.6 is 23.7 Å². The molecule has 104 valence electrons. The first kappa shape index (κ1) is 15.9. The van der Waals surface area contributed by atoms with Gasteiger partial charge in [-0.15, -0.1) is 23.7 Å². The van der Waals surface area contributed by atoms with Crippen LogP contribution in [0.3, 0.4) is 0 Å². The van der Waals surface area contributed by atoms with E-state index in [2.05, 4.69) is 0 Å². The fourth-order valence-electron chi connectivity index (χ4n) is 1.73. The Balaban J connectivity index is 0.00000162. The summed E-state index contributed by atoms with van der Waals surface area (Å²) in [7, 11) is -3.37. The van der Waals surface area contributed by atoms with Crippen LogP contribution in [-0.2, 0) is 14.8 Å². The van der Waals surface area contributed by atoms with Crippen molar-refractivity contribution in [2.45, 2.75) is 17.2 Å². The third-order valence-electron chi connectivity index (χ3n) is 2.67. The zero-order chi connectivity index (χ0) is 12.5. The lowest BCUT2D eigenvalue weighted by atomic mass is 10.3. The molecule has 0 aliphatic carbocycles. The molecule has 1 fully saturated rings. The quantitative estimate of drug-likeness (QED) is 0.897. The predicted molar refractivity (Wildman–Crippen MR) is 73.9 cm³/mol. The molecule has 2 heterocycles. The number of rotatable bonds is 3. The van der Waals surface area contributed by atoms with Crippen LogP contribution in [0.5, 0.6) is 0 Å². The molecule has 1 aliphatic heterocycles. The van der Waals surface area contributed by atoms with Crippen LogP contribution in [-0.4, -0.2) is 45.1 Å². The van der Waals surface area contributed by atoms with Gasteiger partial charge in [-0.1, -0.05) is 0 Å². The monoisotopic (exact) mass is 312 g/mol. The minimum absolute atomic E-state index is 0. The molecule has 2 N–H and O–H groups in total. The van der Waals surface area contributed by atoms with Crippen LogP contribution in [0.15, 0.2) is 16.3 Å². The van der Waals surface area contributed by atoms with Gasteiger partial charge in [0, 0.05) is 24.5 Å². The molecule has 8 heteroatoms. The standard InChI is InChI=1S/C10H16N2O3S2.ClH/c1-8-2-3-10(16-8)17(13,14)12-4-5-15-9(6-11)7-12;/h2-3,9H,4-7,11H2,1H3;1H. The fraction of sp³-hybridized carbons (Fsp3) is 0.600. The third kappa shape index (κ3) is 3.23. The Hall–Kier alpha value is -0.180. The number of ether oxygens (including phenoxy) is 1. The smallest absolute Gasteiger partial charge is 0.252 e. The molecule has 0 bridgehead atoms. The number of aryl methyl sites for hydroxylation is 1. The van der Waals surface area contributed by atoms with Gasteiger partial charge in [-0.3, -0.25) is 0 Å². The first-order valence-corrected chi connectivity index (χ1v) is 7.68. The molecule has 0 spiro atoms. The summed E-state index contributed by atoms with van der Waals surface area (Å²) >= 11 is 1.30. The number of nitrogens with two attached hydrogens (primary N) is 1. The van der Waals surface area contributed by atoms with E-state index in [1.165, 1.54) is 15.6 Å². The number of halogens is 1. The molecule has 1 aromatic heterocycles. The van der Waals surface area contributed by atoms with Gasteiger partial charge in [-0.05, 0) is 19.1 Å².